The Balaban J connectivity index is 2.00. The molecule has 1 atom stereocenters. The molecule has 0 N–H and O–H groups in total. The van der Waals surface area contributed by atoms with Crippen molar-refractivity contribution in [3.05, 3.63) is 68.8 Å². The Bertz CT molecular complexity index is 679. The standard InChI is InChI=1S/C15H9F2IO2/c16-10-3-6-12(13(17)7-10)15(8-20-15)14(19)9-1-4-11(18)5-2-9/h1-7H,8H2/t15-/m0/s1. The fourth-order valence-electron chi connectivity index (χ4n) is 2.13. The highest BCUT2D eigenvalue weighted by Crippen LogP contribution is 2.43. The SMILES string of the molecule is O=C(c1ccc(I)cc1)[C@@]1(c2ccc(F)cc2F)CO1. The van der Waals surface area contributed by atoms with Gasteiger partial charge in [-0.1, -0.05) is 12.1 Å². The molecule has 2 aromatic rings. The van der Waals surface area contributed by atoms with E-state index in [2.05, 4.69) is 22.6 Å². The van der Waals surface area contributed by atoms with Crippen LogP contribution in [0.4, 0.5) is 8.78 Å². The summed E-state index contributed by atoms with van der Waals surface area (Å²) in [6.45, 7) is 0.111. The summed E-state index contributed by atoms with van der Waals surface area (Å²) < 4.78 is 33.0. The predicted molar refractivity (Wildman–Crippen MR) is 77.5 cm³/mol. The maximum absolute atomic E-state index is 13.9. The lowest BCUT2D eigenvalue weighted by atomic mass is 9.90. The summed E-state index contributed by atoms with van der Waals surface area (Å²) in [5, 5.41) is 0. The molecule has 0 saturated carbocycles. The third kappa shape index (κ3) is 2.25. The maximum Gasteiger partial charge on any atom is 0.201 e. The fourth-order valence-corrected chi connectivity index (χ4v) is 2.49. The zero-order chi connectivity index (χ0) is 14.3. The van der Waals surface area contributed by atoms with E-state index in [1.54, 1.807) is 24.3 Å². The molecule has 0 bridgehead atoms. The zero-order valence-electron chi connectivity index (χ0n) is 10.2. The van der Waals surface area contributed by atoms with Gasteiger partial charge >= 0.3 is 0 Å². The van der Waals surface area contributed by atoms with Gasteiger partial charge in [-0.3, -0.25) is 4.79 Å². The van der Waals surface area contributed by atoms with Crippen LogP contribution in [-0.4, -0.2) is 12.4 Å². The second-order valence-electron chi connectivity index (χ2n) is 4.58. The molecule has 1 fully saturated rings. The number of hydrogen-bond acceptors (Lipinski definition) is 2. The van der Waals surface area contributed by atoms with Crippen molar-refractivity contribution in [3.8, 4) is 0 Å². The predicted octanol–water partition coefficient (Wildman–Crippen LogP) is 3.68. The Morgan fingerprint density at radius 3 is 2.35 bits per heavy atom. The molecule has 3 rings (SSSR count). The number of carbonyl (C=O) groups is 1. The summed E-state index contributed by atoms with van der Waals surface area (Å²) in [4.78, 5) is 12.5. The molecule has 1 aliphatic rings. The molecule has 1 aliphatic heterocycles. The van der Waals surface area contributed by atoms with E-state index >= 15 is 0 Å². The van der Waals surface area contributed by atoms with Crippen molar-refractivity contribution in [2.45, 2.75) is 5.60 Å². The summed E-state index contributed by atoms with van der Waals surface area (Å²) in [5.41, 5.74) is -0.765. The van der Waals surface area contributed by atoms with Crippen LogP contribution in [0.1, 0.15) is 15.9 Å². The van der Waals surface area contributed by atoms with E-state index in [1.165, 1.54) is 6.07 Å². The van der Waals surface area contributed by atoms with Crippen LogP contribution in [0.2, 0.25) is 0 Å². The van der Waals surface area contributed by atoms with Crippen molar-refractivity contribution >= 4 is 28.4 Å². The van der Waals surface area contributed by atoms with Gasteiger partial charge in [0.25, 0.3) is 0 Å². The molecule has 2 nitrogen and oxygen atoms in total. The average Bonchev–Trinajstić information content (AvgIpc) is 3.20. The molecule has 102 valence electrons. The van der Waals surface area contributed by atoms with Gasteiger partial charge in [-0.15, -0.1) is 0 Å². The zero-order valence-corrected chi connectivity index (χ0v) is 12.4. The van der Waals surface area contributed by atoms with Crippen LogP contribution in [0, 0.1) is 15.2 Å². The Kier molecular flexibility index (Phi) is 3.33. The Hall–Kier alpha value is -1.34. The van der Waals surface area contributed by atoms with Crippen LogP contribution in [-0.2, 0) is 10.3 Å². The van der Waals surface area contributed by atoms with E-state index in [0.717, 1.165) is 15.7 Å². The Morgan fingerprint density at radius 1 is 1.15 bits per heavy atom. The monoisotopic (exact) mass is 386 g/mol. The third-order valence-electron chi connectivity index (χ3n) is 3.27. The Labute approximate surface area is 127 Å². The van der Waals surface area contributed by atoms with Gasteiger partial charge in [-0.2, -0.15) is 0 Å². The minimum absolute atomic E-state index is 0.0856. The van der Waals surface area contributed by atoms with Crippen molar-refractivity contribution in [1.29, 1.82) is 0 Å². The highest BCUT2D eigenvalue weighted by atomic mass is 127. The number of ketones is 1. The summed E-state index contributed by atoms with van der Waals surface area (Å²) in [6.07, 6.45) is 0. The topological polar surface area (TPSA) is 29.6 Å². The van der Waals surface area contributed by atoms with E-state index in [0.29, 0.717) is 5.56 Å². The van der Waals surface area contributed by atoms with Gasteiger partial charge in [0.1, 0.15) is 11.6 Å². The number of benzene rings is 2. The average molecular weight is 386 g/mol. The summed E-state index contributed by atoms with van der Waals surface area (Å²) >= 11 is 2.13. The molecular weight excluding hydrogens is 377 g/mol. The first-order valence-corrected chi connectivity index (χ1v) is 7.01. The van der Waals surface area contributed by atoms with Gasteiger partial charge in [0, 0.05) is 20.8 Å². The molecule has 0 spiro atoms. The fraction of sp³-hybridized carbons (Fsp3) is 0.133. The van der Waals surface area contributed by atoms with Crippen molar-refractivity contribution in [1.82, 2.24) is 0 Å². The molecule has 0 amide bonds. The normalized spacial score (nSPS) is 20.8. The molecule has 0 aliphatic carbocycles. The molecule has 1 heterocycles. The van der Waals surface area contributed by atoms with Crippen LogP contribution < -0.4 is 0 Å². The number of Topliss-reactive ketones (excluding diaryl/α,β-unsaturated/α-hetero) is 1. The second kappa shape index (κ2) is 4.89. The summed E-state index contributed by atoms with van der Waals surface area (Å²) in [6, 6.07) is 10.1. The van der Waals surface area contributed by atoms with Crippen molar-refractivity contribution in [3.63, 3.8) is 0 Å². The van der Waals surface area contributed by atoms with Gasteiger partial charge < -0.3 is 4.74 Å². The number of epoxide rings is 1. The maximum atomic E-state index is 13.9. The smallest absolute Gasteiger partial charge is 0.201 e. The molecule has 1 saturated heterocycles. The van der Waals surface area contributed by atoms with Crippen LogP contribution >= 0.6 is 22.6 Å². The molecule has 0 aromatic heterocycles. The molecule has 20 heavy (non-hydrogen) atoms. The van der Waals surface area contributed by atoms with Gasteiger partial charge in [-0.25, -0.2) is 8.78 Å². The highest BCUT2D eigenvalue weighted by Gasteiger charge is 2.55. The molecule has 0 unspecified atom stereocenters. The number of hydrogen-bond donors (Lipinski definition) is 0. The molecule has 5 heteroatoms. The first-order chi connectivity index (χ1) is 9.53. The van der Waals surface area contributed by atoms with Crippen LogP contribution in [0.3, 0.4) is 0 Å². The number of ether oxygens (including phenoxy) is 1. The van der Waals surface area contributed by atoms with Gasteiger partial charge in [0.15, 0.2) is 5.60 Å². The lowest BCUT2D eigenvalue weighted by molar-refractivity contribution is 0.0867. The lowest BCUT2D eigenvalue weighted by Gasteiger charge is -2.12. The number of halogens is 3. The first kappa shape index (κ1) is 13.6. The molecule has 0 radical (unpaired) electrons. The number of carbonyl (C=O) groups excluding carboxylic acids is 1. The van der Waals surface area contributed by atoms with Crippen LogP contribution in [0.15, 0.2) is 42.5 Å². The van der Waals surface area contributed by atoms with Crippen LogP contribution in [0.25, 0.3) is 0 Å². The first-order valence-electron chi connectivity index (χ1n) is 5.93. The summed E-state index contributed by atoms with van der Waals surface area (Å²) in [5.74, 6) is -1.75. The minimum atomic E-state index is -1.30. The van der Waals surface area contributed by atoms with Crippen LogP contribution in [0.5, 0.6) is 0 Å². The van der Waals surface area contributed by atoms with Gasteiger partial charge in [-0.05, 0) is 46.9 Å². The van der Waals surface area contributed by atoms with Crippen molar-refractivity contribution in [2.24, 2.45) is 0 Å². The second-order valence-corrected chi connectivity index (χ2v) is 5.82. The van der Waals surface area contributed by atoms with E-state index in [1.807, 2.05) is 0 Å². The lowest BCUT2D eigenvalue weighted by Crippen LogP contribution is -2.24. The molecular formula is C15H9F2IO2. The molecule has 2 aromatic carbocycles. The Morgan fingerprint density at radius 2 is 1.80 bits per heavy atom. The highest BCUT2D eigenvalue weighted by molar-refractivity contribution is 14.1. The van der Waals surface area contributed by atoms with E-state index in [9.17, 15) is 13.6 Å². The summed E-state index contributed by atoms with van der Waals surface area (Å²) in [7, 11) is 0. The van der Waals surface area contributed by atoms with Crippen molar-refractivity contribution < 1.29 is 18.3 Å². The quantitative estimate of drug-likeness (QED) is 0.458. The van der Waals surface area contributed by atoms with E-state index in [4.69, 9.17) is 4.74 Å². The van der Waals surface area contributed by atoms with E-state index < -0.39 is 17.2 Å². The van der Waals surface area contributed by atoms with Gasteiger partial charge in [0.2, 0.25) is 5.78 Å². The van der Waals surface area contributed by atoms with Gasteiger partial charge in [0.05, 0.1) is 6.61 Å². The number of rotatable bonds is 3. The van der Waals surface area contributed by atoms with E-state index in [-0.39, 0.29) is 18.0 Å². The minimum Gasteiger partial charge on any atom is -0.356 e. The largest absolute Gasteiger partial charge is 0.356 e. The van der Waals surface area contributed by atoms with Crippen molar-refractivity contribution in [2.75, 3.05) is 6.61 Å². The third-order valence-corrected chi connectivity index (χ3v) is 3.99.